The Kier molecular flexibility index (Phi) is 5.68. The summed E-state index contributed by atoms with van der Waals surface area (Å²) in [5.41, 5.74) is 0.952. The average molecular weight is 357 g/mol. The molecule has 1 aliphatic heterocycles. The number of carbonyl (C=O) groups excluding carboxylic acids is 2. The van der Waals surface area contributed by atoms with Gasteiger partial charge in [0.2, 0.25) is 5.91 Å². The number of para-hydroxylation sites is 1. The van der Waals surface area contributed by atoms with Crippen molar-refractivity contribution >= 4 is 22.7 Å². The lowest BCUT2D eigenvalue weighted by Crippen LogP contribution is -2.45. The Bertz CT molecular complexity index is 808. The number of fused-ring (bicyclic) bond motifs is 1. The highest BCUT2D eigenvalue weighted by atomic mass is 16.5. The minimum absolute atomic E-state index is 0.114. The molecule has 0 N–H and O–H groups in total. The lowest BCUT2D eigenvalue weighted by atomic mass is 10.1. The first-order valence-corrected chi connectivity index (χ1v) is 8.79. The van der Waals surface area contributed by atoms with Crippen molar-refractivity contribution < 1.29 is 19.1 Å². The summed E-state index contributed by atoms with van der Waals surface area (Å²) >= 11 is 0. The maximum absolute atomic E-state index is 13.0. The first-order chi connectivity index (χ1) is 12.7. The van der Waals surface area contributed by atoms with Gasteiger partial charge in [0, 0.05) is 31.1 Å². The molecule has 2 amide bonds. The minimum atomic E-state index is -0.295. The Morgan fingerprint density at radius 2 is 1.96 bits per heavy atom. The molecule has 7 heteroatoms. The van der Waals surface area contributed by atoms with Gasteiger partial charge in [-0.3, -0.25) is 14.6 Å². The molecule has 3 rings (SSSR count). The van der Waals surface area contributed by atoms with Crippen molar-refractivity contribution in [3.8, 4) is 5.75 Å². The second kappa shape index (κ2) is 8.14. The molecular weight excluding hydrogens is 334 g/mol. The van der Waals surface area contributed by atoms with Gasteiger partial charge in [-0.15, -0.1) is 0 Å². The number of hydrogen-bond acceptors (Lipinski definition) is 5. The number of pyridine rings is 1. The Morgan fingerprint density at radius 3 is 2.73 bits per heavy atom. The van der Waals surface area contributed by atoms with Gasteiger partial charge in [0.05, 0.1) is 25.7 Å². The van der Waals surface area contributed by atoms with Crippen LogP contribution in [0.15, 0.2) is 30.3 Å². The molecule has 0 aliphatic carbocycles. The number of nitrogens with zero attached hydrogens (tertiary/aromatic N) is 3. The lowest BCUT2D eigenvalue weighted by molar-refractivity contribution is -0.141. The number of carbonyl (C=O) groups is 2. The van der Waals surface area contributed by atoms with Crippen LogP contribution < -0.4 is 4.74 Å². The van der Waals surface area contributed by atoms with E-state index in [-0.39, 0.29) is 23.9 Å². The molecular formula is C19H23N3O4. The SMILES string of the molecule is CCOCCC(=O)N1CCCN1C(=O)c1cc(OC)c2ccccc2n1. The van der Waals surface area contributed by atoms with Crippen LogP contribution in [0.25, 0.3) is 10.9 Å². The van der Waals surface area contributed by atoms with E-state index in [1.807, 2.05) is 31.2 Å². The number of aromatic nitrogens is 1. The summed E-state index contributed by atoms with van der Waals surface area (Å²) in [4.78, 5) is 29.9. The van der Waals surface area contributed by atoms with Crippen LogP contribution in [0.1, 0.15) is 30.3 Å². The molecule has 2 heterocycles. The van der Waals surface area contributed by atoms with Crippen LogP contribution in [0, 0.1) is 0 Å². The van der Waals surface area contributed by atoms with Crippen LogP contribution in [0.3, 0.4) is 0 Å². The topological polar surface area (TPSA) is 72.0 Å². The van der Waals surface area contributed by atoms with Crippen molar-refractivity contribution in [3.05, 3.63) is 36.0 Å². The molecule has 7 nitrogen and oxygen atoms in total. The molecule has 138 valence electrons. The molecule has 0 atom stereocenters. The summed E-state index contributed by atoms with van der Waals surface area (Å²) in [5, 5.41) is 3.83. The summed E-state index contributed by atoms with van der Waals surface area (Å²) in [7, 11) is 1.56. The third-order valence-corrected chi connectivity index (χ3v) is 4.34. The van der Waals surface area contributed by atoms with Crippen LogP contribution in [-0.2, 0) is 9.53 Å². The molecule has 1 fully saturated rings. The summed E-state index contributed by atoms with van der Waals surface area (Å²) in [6.07, 6.45) is 1.00. The Morgan fingerprint density at radius 1 is 1.19 bits per heavy atom. The number of hydrazine groups is 1. The highest BCUT2D eigenvalue weighted by molar-refractivity contribution is 5.98. The molecule has 2 aromatic rings. The number of rotatable bonds is 6. The fourth-order valence-corrected chi connectivity index (χ4v) is 3.07. The number of amides is 2. The monoisotopic (exact) mass is 357 g/mol. The van der Waals surface area contributed by atoms with Gasteiger partial charge < -0.3 is 9.47 Å². The van der Waals surface area contributed by atoms with Crippen LogP contribution in [0.2, 0.25) is 0 Å². The van der Waals surface area contributed by atoms with E-state index in [0.29, 0.717) is 37.6 Å². The van der Waals surface area contributed by atoms with Gasteiger partial charge in [0.25, 0.3) is 5.91 Å². The Balaban J connectivity index is 1.83. The van der Waals surface area contributed by atoms with E-state index in [0.717, 1.165) is 11.8 Å². The van der Waals surface area contributed by atoms with E-state index in [1.54, 1.807) is 13.2 Å². The predicted molar refractivity (Wildman–Crippen MR) is 96.8 cm³/mol. The van der Waals surface area contributed by atoms with Gasteiger partial charge in [0.15, 0.2) is 0 Å². The van der Waals surface area contributed by atoms with E-state index in [1.165, 1.54) is 10.0 Å². The van der Waals surface area contributed by atoms with Crippen molar-refractivity contribution in [1.29, 1.82) is 0 Å². The molecule has 1 aromatic carbocycles. The van der Waals surface area contributed by atoms with E-state index in [9.17, 15) is 9.59 Å². The number of methoxy groups -OCH3 is 1. The first kappa shape index (κ1) is 18.1. The Labute approximate surface area is 152 Å². The molecule has 26 heavy (non-hydrogen) atoms. The summed E-state index contributed by atoms with van der Waals surface area (Å²) in [6, 6.07) is 9.13. The number of ether oxygens (including phenoxy) is 2. The Hall–Kier alpha value is -2.67. The average Bonchev–Trinajstić information content (AvgIpc) is 3.16. The molecule has 0 unspecified atom stereocenters. The molecule has 0 saturated carbocycles. The second-order valence-corrected chi connectivity index (χ2v) is 5.97. The zero-order valence-electron chi connectivity index (χ0n) is 15.1. The maximum atomic E-state index is 13.0. The van der Waals surface area contributed by atoms with Crippen LogP contribution in [-0.4, -0.2) is 60.2 Å². The quantitative estimate of drug-likeness (QED) is 0.742. The molecule has 0 spiro atoms. The third kappa shape index (κ3) is 3.62. The van der Waals surface area contributed by atoms with Gasteiger partial charge in [0.1, 0.15) is 11.4 Å². The highest BCUT2D eigenvalue weighted by Gasteiger charge is 2.32. The van der Waals surface area contributed by atoms with Crippen molar-refractivity contribution in [1.82, 2.24) is 15.0 Å². The number of benzene rings is 1. The zero-order chi connectivity index (χ0) is 18.5. The maximum Gasteiger partial charge on any atom is 0.291 e. The third-order valence-electron chi connectivity index (χ3n) is 4.34. The standard InChI is InChI=1S/C19H23N3O4/c1-3-26-12-9-18(23)21-10-6-11-22(21)19(24)16-13-17(25-2)14-7-4-5-8-15(14)20-16/h4-5,7-8,13H,3,6,9-12H2,1-2H3. The summed E-state index contributed by atoms with van der Waals surface area (Å²) < 4.78 is 10.7. The summed E-state index contributed by atoms with van der Waals surface area (Å²) in [5.74, 6) is 0.181. The lowest BCUT2D eigenvalue weighted by Gasteiger charge is -2.27. The summed E-state index contributed by atoms with van der Waals surface area (Å²) in [6.45, 7) is 3.83. The van der Waals surface area contributed by atoms with Gasteiger partial charge in [-0.1, -0.05) is 12.1 Å². The van der Waals surface area contributed by atoms with Gasteiger partial charge >= 0.3 is 0 Å². The van der Waals surface area contributed by atoms with Crippen LogP contribution >= 0.6 is 0 Å². The van der Waals surface area contributed by atoms with Crippen LogP contribution in [0.5, 0.6) is 5.75 Å². The smallest absolute Gasteiger partial charge is 0.291 e. The molecule has 1 saturated heterocycles. The van der Waals surface area contributed by atoms with E-state index in [4.69, 9.17) is 9.47 Å². The van der Waals surface area contributed by atoms with Crippen molar-refractivity contribution in [2.45, 2.75) is 19.8 Å². The van der Waals surface area contributed by atoms with Crippen molar-refractivity contribution in [2.75, 3.05) is 33.4 Å². The molecule has 1 aliphatic rings. The largest absolute Gasteiger partial charge is 0.496 e. The number of hydrogen-bond donors (Lipinski definition) is 0. The molecule has 0 radical (unpaired) electrons. The second-order valence-electron chi connectivity index (χ2n) is 5.97. The predicted octanol–water partition coefficient (Wildman–Crippen LogP) is 2.26. The van der Waals surface area contributed by atoms with E-state index < -0.39 is 0 Å². The van der Waals surface area contributed by atoms with E-state index >= 15 is 0 Å². The van der Waals surface area contributed by atoms with Crippen LogP contribution in [0.4, 0.5) is 0 Å². The van der Waals surface area contributed by atoms with E-state index in [2.05, 4.69) is 4.98 Å². The first-order valence-electron chi connectivity index (χ1n) is 8.79. The van der Waals surface area contributed by atoms with Gasteiger partial charge in [-0.25, -0.2) is 9.99 Å². The molecule has 0 bridgehead atoms. The minimum Gasteiger partial charge on any atom is -0.496 e. The normalized spacial score (nSPS) is 14.1. The fraction of sp³-hybridized carbons (Fsp3) is 0.421. The van der Waals surface area contributed by atoms with Gasteiger partial charge in [-0.05, 0) is 25.5 Å². The van der Waals surface area contributed by atoms with Crippen molar-refractivity contribution in [3.63, 3.8) is 0 Å². The fourth-order valence-electron chi connectivity index (χ4n) is 3.07. The molecule has 1 aromatic heterocycles. The highest BCUT2D eigenvalue weighted by Crippen LogP contribution is 2.26. The zero-order valence-corrected chi connectivity index (χ0v) is 15.1. The van der Waals surface area contributed by atoms with Crippen molar-refractivity contribution in [2.24, 2.45) is 0 Å². The van der Waals surface area contributed by atoms with Gasteiger partial charge in [-0.2, -0.15) is 0 Å².